The van der Waals surface area contributed by atoms with Gasteiger partial charge in [0.25, 0.3) is 0 Å². The molecule has 0 radical (unpaired) electrons. The normalized spacial score (nSPS) is 12.3. The lowest BCUT2D eigenvalue weighted by molar-refractivity contribution is 0.217. The van der Waals surface area contributed by atoms with E-state index in [4.69, 9.17) is 0 Å². The summed E-state index contributed by atoms with van der Waals surface area (Å²) < 4.78 is 0. The highest BCUT2D eigenvalue weighted by atomic mass is 32.1. The highest BCUT2D eigenvalue weighted by Crippen LogP contribution is 2.41. The van der Waals surface area contributed by atoms with Crippen molar-refractivity contribution in [3.05, 3.63) is 90.4 Å². The number of aliphatic hydroxyl groups is 1. The molecule has 0 saturated carbocycles. The summed E-state index contributed by atoms with van der Waals surface area (Å²) in [4.78, 5) is 9.63. The van der Waals surface area contributed by atoms with E-state index in [2.05, 4.69) is 32.3 Å². The molecule has 2 aromatic carbocycles. The summed E-state index contributed by atoms with van der Waals surface area (Å²) in [6.45, 7) is 0. The van der Waals surface area contributed by atoms with Gasteiger partial charge in [0.2, 0.25) is 0 Å². The largest absolute Gasteiger partial charge is 0.382 e. The van der Waals surface area contributed by atoms with Crippen molar-refractivity contribution in [2.45, 2.75) is 6.10 Å². The van der Waals surface area contributed by atoms with Crippen LogP contribution < -0.4 is 0 Å². The number of fused-ring (bicyclic) bond motifs is 1. The van der Waals surface area contributed by atoms with E-state index in [1.54, 1.807) is 17.7 Å². The van der Waals surface area contributed by atoms with Crippen LogP contribution in [0.3, 0.4) is 0 Å². The predicted octanol–water partition coefficient (Wildman–Crippen LogP) is 4.83. The van der Waals surface area contributed by atoms with E-state index in [1.165, 1.54) is 0 Å². The van der Waals surface area contributed by atoms with Gasteiger partial charge in [0.1, 0.15) is 12.4 Å². The molecule has 0 aliphatic carbocycles. The van der Waals surface area contributed by atoms with Crippen molar-refractivity contribution in [1.82, 2.24) is 20.2 Å². The van der Waals surface area contributed by atoms with E-state index in [9.17, 15) is 5.11 Å². The van der Waals surface area contributed by atoms with Crippen molar-refractivity contribution in [3.8, 4) is 21.1 Å². The Morgan fingerprint density at radius 2 is 1.75 bits per heavy atom. The highest BCUT2D eigenvalue weighted by Gasteiger charge is 2.22. The molecule has 3 heterocycles. The van der Waals surface area contributed by atoms with E-state index >= 15 is 0 Å². The van der Waals surface area contributed by atoms with Gasteiger partial charge >= 0.3 is 0 Å². The van der Waals surface area contributed by atoms with Gasteiger partial charge in [-0.05, 0) is 23.8 Å². The number of aliphatic hydroxyl groups excluding tert-OH is 1. The van der Waals surface area contributed by atoms with Gasteiger partial charge in [-0.25, -0.2) is 4.98 Å². The molecule has 136 valence electrons. The Hall–Kier alpha value is -3.35. The third-order valence-electron chi connectivity index (χ3n) is 4.65. The van der Waals surface area contributed by atoms with Crippen LogP contribution in [0.4, 0.5) is 0 Å². The average molecular weight is 384 g/mol. The van der Waals surface area contributed by atoms with Gasteiger partial charge < -0.3 is 10.1 Å². The predicted molar refractivity (Wildman–Crippen MR) is 111 cm³/mol. The Labute approximate surface area is 165 Å². The van der Waals surface area contributed by atoms with E-state index in [0.29, 0.717) is 11.5 Å². The van der Waals surface area contributed by atoms with E-state index in [1.807, 2.05) is 60.7 Å². The molecule has 1 atom stereocenters. The van der Waals surface area contributed by atoms with Crippen molar-refractivity contribution >= 4 is 22.2 Å². The molecule has 5 aromatic rings. The molecule has 28 heavy (non-hydrogen) atoms. The zero-order chi connectivity index (χ0) is 18.9. The van der Waals surface area contributed by atoms with E-state index in [-0.39, 0.29) is 0 Å². The Bertz CT molecular complexity index is 1230. The topological polar surface area (TPSA) is 74.7 Å². The second-order valence-electron chi connectivity index (χ2n) is 6.43. The average Bonchev–Trinajstić information content (AvgIpc) is 3.43. The fraction of sp³-hybridized carbons (Fsp3) is 0.0455. The zero-order valence-corrected chi connectivity index (χ0v) is 15.6. The first-order chi connectivity index (χ1) is 13.8. The van der Waals surface area contributed by atoms with Crippen molar-refractivity contribution in [3.63, 3.8) is 0 Å². The third-order valence-corrected chi connectivity index (χ3v) is 5.85. The van der Waals surface area contributed by atoms with Crippen LogP contribution in [0.25, 0.3) is 32.0 Å². The number of thiophene rings is 1. The molecule has 0 aliphatic heterocycles. The Balaban J connectivity index is 1.63. The van der Waals surface area contributed by atoms with Crippen LogP contribution in [-0.4, -0.2) is 25.3 Å². The van der Waals surface area contributed by atoms with Crippen molar-refractivity contribution in [2.24, 2.45) is 0 Å². The lowest BCUT2D eigenvalue weighted by Crippen LogP contribution is -2.03. The number of rotatable bonds is 4. The van der Waals surface area contributed by atoms with Crippen LogP contribution in [0.2, 0.25) is 0 Å². The number of benzene rings is 2. The molecule has 5 nitrogen and oxygen atoms in total. The minimum atomic E-state index is -0.863. The van der Waals surface area contributed by atoms with Gasteiger partial charge in [-0.1, -0.05) is 54.6 Å². The lowest BCUT2D eigenvalue weighted by Gasteiger charge is -2.11. The van der Waals surface area contributed by atoms with E-state index < -0.39 is 6.10 Å². The quantitative estimate of drug-likeness (QED) is 0.465. The molecule has 3 aromatic heterocycles. The van der Waals surface area contributed by atoms with Crippen LogP contribution in [0.5, 0.6) is 0 Å². The first-order valence-electron chi connectivity index (χ1n) is 8.89. The van der Waals surface area contributed by atoms with Gasteiger partial charge in [0.15, 0.2) is 5.82 Å². The number of para-hydroxylation sites is 1. The Kier molecular flexibility index (Phi) is 4.20. The third kappa shape index (κ3) is 2.98. The fourth-order valence-corrected chi connectivity index (χ4v) is 4.39. The lowest BCUT2D eigenvalue weighted by atomic mass is 10.0. The summed E-state index contributed by atoms with van der Waals surface area (Å²) in [7, 11) is 0. The molecule has 0 saturated heterocycles. The number of pyridine rings is 1. The summed E-state index contributed by atoms with van der Waals surface area (Å²) in [6.07, 6.45) is 0.681. The molecule has 1 unspecified atom stereocenters. The molecular formula is C22H16N4OS. The first-order valence-corrected chi connectivity index (χ1v) is 9.70. The van der Waals surface area contributed by atoms with Gasteiger partial charge in [-0.3, -0.25) is 0 Å². The summed E-state index contributed by atoms with van der Waals surface area (Å²) in [5.41, 5.74) is 3.33. The summed E-state index contributed by atoms with van der Waals surface area (Å²) in [5, 5.41) is 20.3. The number of H-pyrrole nitrogens is 1. The number of hydrogen-bond acceptors (Lipinski definition) is 5. The molecule has 0 spiro atoms. The van der Waals surface area contributed by atoms with Crippen LogP contribution >= 0.6 is 11.3 Å². The molecule has 0 bridgehead atoms. The summed E-state index contributed by atoms with van der Waals surface area (Å²) in [5.74, 6) is 0.641. The molecule has 6 heteroatoms. The zero-order valence-electron chi connectivity index (χ0n) is 14.8. The minimum absolute atomic E-state index is 0.608. The Morgan fingerprint density at radius 1 is 0.929 bits per heavy atom. The summed E-state index contributed by atoms with van der Waals surface area (Å²) >= 11 is 1.58. The van der Waals surface area contributed by atoms with Gasteiger partial charge in [-0.2, -0.15) is 0 Å². The van der Waals surface area contributed by atoms with Crippen molar-refractivity contribution < 1.29 is 5.11 Å². The van der Waals surface area contributed by atoms with Gasteiger partial charge in [0, 0.05) is 15.8 Å². The van der Waals surface area contributed by atoms with Gasteiger partial charge in [-0.15, -0.1) is 21.5 Å². The van der Waals surface area contributed by atoms with Crippen LogP contribution in [0.15, 0.2) is 79.1 Å². The second kappa shape index (κ2) is 6.99. The molecule has 5 rings (SSSR count). The monoisotopic (exact) mass is 384 g/mol. The number of nitrogens with zero attached hydrogens (tertiary/aromatic N) is 3. The maximum absolute atomic E-state index is 11.2. The molecule has 0 aliphatic rings. The number of hydrogen-bond donors (Lipinski definition) is 2. The fourth-order valence-electron chi connectivity index (χ4n) is 3.25. The smallest absolute Gasteiger partial charge is 0.171 e. The maximum Gasteiger partial charge on any atom is 0.171 e. The molecular weight excluding hydrogens is 368 g/mol. The molecule has 0 amide bonds. The number of nitrogens with one attached hydrogen (secondary N) is 1. The SMILES string of the molecule is OC(c1ccc2ccccc2n1)c1cc(-c2ccccc2)sc1-c1nnc[nH]1. The maximum atomic E-state index is 11.2. The number of aromatic amines is 1. The minimum Gasteiger partial charge on any atom is -0.382 e. The van der Waals surface area contributed by atoms with Crippen LogP contribution in [-0.2, 0) is 0 Å². The van der Waals surface area contributed by atoms with Crippen molar-refractivity contribution in [2.75, 3.05) is 0 Å². The molecule has 0 fully saturated rings. The highest BCUT2D eigenvalue weighted by molar-refractivity contribution is 7.19. The van der Waals surface area contributed by atoms with Gasteiger partial charge in [0.05, 0.1) is 16.1 Å². The first kappa shape index (κ1) is 16.8. The number of aromatic nitrogens is 4. The standard InChI is InChI=1S/C22H16N4OS/c27-20(18-11-10-14-6-4-5-9-17(14)25-18)16-12-19(15-7-2-1-3-8-15)28-21(16)22-23-13-24-26-22/h1-13,20,27H,(H,23,24,26). The van der Waals surface area contributed by atoms with Crippen molar-refractivity contribution in [1.29, 1.82) is 0 Å². The molecule has 2 N–H and O–H groups in total. The van der Waals surface area contributed by atoms with Crippen LogP contribution in [0, 0.1) is 0 Å². The second-order valence-corrected chi connectivity index (χ2v) is 7.48. The van der Waals surface area contributed by atoms with Crippen LogP contribution in [0.1, 0.15) is 17.4 Å². The Morgan fingerprint density at radius 3 is 2.57 bits per heavy atom. The van der Waals surface area contributed by atoms with E-state index in [0.717, 1.165) is 31.8 Å². The summed E-state index contributed by atoms with van der Waals surface area (Å²) in [6, 6.07) is 23.9.